The van der Waals surface area contributed by atoms with Crippen molar-refractivity contribution in [3.8, 4) is 0 Å². The number of rotatable bonds is 5. The Labute approximate surface area is 134 Å². The van der Waals surface area contributed by atoms with Crippen LogP contribution in [-0.2, 0) is 6.42 Å². The number of nitrogens with zero attached hydrogens (tertiary/aromatic N) is 2. The number of pyridine rings is 1. The van der Waals surface area contributed by atoms with Crippen LogP contribution < -0.4 is 5.32 Å². The van der Waals surface area contributed by atoms with Gasteiger partial charge in [0.15, 0.2) is 0 Å². The number of nitrogens with one attached hydrogen (secondary N) is 1. The van der Waals surface area contributed by atoms with Gasteiger partial charge < -0.3 is 14.1 Å². The predicted octanol–water partition coefficient (Wildman–Crippen LogP) is 3.09. The molecule has 0 radical (unpaired) electrons. The number of furan rings is 1. The quantitative estimate of drug-likeness (QED) is 0.788. The first kappa shape index (κ1) is 14.1. The van der Waals surface area contributed by atoms with Gasteiger partial charge in [-0.1, -0.05) is 6.07 Å². The van der Waals surface area contributed by atoms with Crippen LogP contribution in [0, 0.1) is 6.92 Å². The molecule has 0 aliphatic heterocycles. The van der Waals surface area contributed by atoms with Gasteiger partial charge in [0.25, 0.3) is 5.91 Å². The minimum atomic E-state index is -0.0550. The number of carbonyl (C=O) groups is 1. The average molecular weight is 309 g/mol. The number of carbonyl (C=O) groups excluding carboxylic acids is 1. The van der Waals surface area contributed by atoms with Crippen molar-refractivity contribution in [3.05, 3.63) is 59.4 Å². The maximum absolute atomic E-state index is 12.3. The van der Waals surface area contributed by atoms with E-state index in [1.807, 2.05) is 18.3 Å². The van der Waals surface area contributed by atoms with E-state index in [1.54, 1.807) is 12.3 Å². The second-order valence-electron chi connectivity index (χ2n) is 6.11. The standard InChI is InChI=1S/C18H19N3O2/c1-12-3-2-4-16-20-14(11-21(12)16)7-9-19-18(22)15-8-10-23-17(15)13-5-6-13/h2-4,8,10-11,13H,5-7,9H2,1H3,(H,19,22). The summed E-state index contributed by atoms with van der Waals surface area (Å²) in [6.45, 7) is 2.62. The molecule has 3 aromatic rings. The van der Waals surface area contributed by atoms with Gasteiger partial charge in [-0.15, -0.1) is 0 Å². The summed E-state index contributed by atoms with van der Waals surface area (Å²) in [4.78, 5) is 16.9. The Hall–Kier alpha value is -2.56. The van der Waals surface area contributed by atoms with Crippen molar-refractivity contribution in [2.75, 3.05) is 6.54 Å². The van der Waals surface area contributed by atoms with E-state index in [-0.39, 0.29) is 5.91 Å². The third-order valence-electron chi connectivity index (χ3n) is 4.30. The lowest BCUT2D eigenvalue weighted by Gasteiger charge is -2.03. The molecule has 1 saturated carbocycles. The fourth-order valence-electron chi connectivity index (χ4n) is 2.89. The number of aromatic nitrogens is 2. The summed E-state index contributed by atoms with van der Waals surface area (Å²) in [5.41, 5.74) is 3.75. The van der Waals surface area contributed by atoms with Crippen molar-refractivity contribution in [3.63, 3.8) is 0 Å². The zero-order valence-electron chi connectivity index (χ0n) is 13.1. The summed E-state index contributed by atoms with van der Waals surface area (Å²) in [6, 6.07) is 7.81. The van der Waals surface area contributed by atoms with E-state index in [2.05, 4.69) is 27.7 Å². The topological polar surface area (TPSA) is 59.5 Å². The molecule has 3 heterocycles. The van der Waals surface area contributed by atoms with E-state index >= 15 is 0 Å². The zero-order chi connectivity index (χ0) is 15.8. The first-order chi connectivity index (χ1) is 11.2. The first-order valence-corrected chi connectivity index (χ1v) is 8.01. The molecule has 1 amide bonds. The average Bonchev–Trinajstić information content (AvgIpc) is 3.10. The van der Waals surface area contributed by atoms with Crippen molar-refractivity contribution >= 4 is 11.6 Å². The third-order valence-corrected chi connectivity index (χ3v) is 4.30. The number of fused-ring (bicyclic) bond motifs is 1. The molecule has 0 aromatic carbocycles. The second kappa shape index (κ2) is 5.57. The number of amides is 1. The minimum Gasteiger partial charge on any atom is -0.468 e. The van der Waals surface area contributed by atoms with Gasteiger partial charge in [-0.3, -0.25) is 4.79 Å². The van der Waals surface area contributed by atoms with Gasteiger partial charge >= 0.3 is 0 Å². The van der Waals surface area contributed by atoms with Crippen molar-refractivity contribution in [1.29, 1.82) is 0 Å². The van der Waals surface area contributed by atoms with Crippen LogP contribution in [0.4, 0.5) is 0 Å². The number of aryl methyl sites for hydroxylation is 1. The van der Waals surface area contributed by atoms with E-state index in [9.17, 15) is 4.79 Å². The fraction of sp³-hybridized carbons (Fsp3) is 0.333. The van der Waals surface area contributed by atoms with Crippen LogP contribution in [-0.4, -0.2) is 21.8 Å². The Morgan fingerprint density at radius 3 is 3.04 bits per heavy atom. The van der Waals surface area contributed by atoms with Crippen LogP contribution in [0.2, 0.25) is 0 Å². The third kappa shape index (κ3) is 2.74. The molecule has 1 aliphatic carbocycles. The lowest BCUT2D eigenvalue weighted by Crippen LogP contribution is -2.26. The lowest BCUT2D eigenvalue weighted by atomic mass is 10.2. The van der Waals surface area contributed by atoms with Crippen LogP contribution in [0.1, 0.15) is 46.3 Å². The molecule has 3 aromatic heterocycles. The van der Waals surface area contributed by atoms with Gasteiger partial charge in [0.2, 0.25) is 0 Å². The normalized spacial score (nSPS) is 14.3. The summed E-state index contributed by atoms with van der Waals surface area (Å²) in [7, 11) is 0. The highest BCUT2D eigenvalue weighted by atomic mass is 16.3. The van der Waals surface area contributed by atoms with E-state index in [0.29, 0.717) is 24.4 Å². The van der Waals surface area contributed by atoms with Crippen LogP contribution >= 0.6 is 0 Å². The van der Waals surface area contributed by atoms with Crippen molar-refractivity contribution in [2.45, 2.75) is 32.1 Å². The van der Waals surface area contributed by atoms with Gasteiger partial charge in [-0.2, -0.15) is 0 Å². The maximum Gasteiger partial charge on any atom is 0.254 e. The SMILES string of the molecule is Cc1cccc2nc(CCNC(=O)c3ccoc3C3CC3)cn12. The molecule has 23 heavy (non-hydrogen) atoms. The highest BCUT2D eigenvalue weighted by Gasteiger charge is 2.31. The second-order valence-corrected chi connectivity index (χ2v) is 6.11. The molecule has 0 unspecified atom stereocenters. The Kier molecular flexibility index (Phi) is 3.41. The highest BCUT2D eigenvalue weighted by molar-refractivity contribution is 5.95. The molecule has 0 bridgehead atoms. The summed E-state index contributed by atoms with van der Waals surface area (Å²) in [5.74, 6) is 1.22. The predicted molar refractivity (Wildman–Crippen MR) is 86.6 cm³/mol. The molecule has 5 heteroatoms. The molecule has 1 N–H and O–H groups in total. The van der Waals surface area contributed by atoms with E-state index < -0.39 is 0 Å². The summed E-state index contributed by atoms with van der Waals surface area (Å²) >= 11 is 0. The van der Waals surface area contributed by atoms with Crippen molar-refractivity contribution in [2.24, 2.45) is 0 Å². The molecule has 0 saturated heterocycles. The van der Waals surface area contributed by atoms with Crippen LogP contribution in [0.5, 0.6) is 0 Å². The zero-order valence-corrected chi connectivity index (χ0v) is 13.1. The lowest BCUT2D eigenvalue weighted by molar-refractivity contribution is 0.0952. The smallest absolute Gasteiger partial charge is 0.254 e. The number of imidazole rings is 1. The van der Waals surface area contributed by atoms with Crippen LogP contribution in [0.3, 0.4) is 0 Å². The molecule has 5 nitrogen and oxygen atoms in total. The van der Waals surface area contributed by atoms with Crippen molar-refractivity contribution < 1.29 is 9.21 Å². The summed E-state index contributed by atoms with van der Waals surface area (Å²) in [6.07, 6.45) is 6.59. The summed E-state index contributed by atoms with van der Waals surface area (Å²) in [5, 5.41) is 2.97. The Balaban J connectivity index is 1.39. The van der Waals surface area contributed by atoms with Crippen LogP contribution in [0.15, 0.2) is 41.1 Å². The largest absolute Gasteiger partial charge is 0.468 e. The summed E-state index contributed by atoms with van der Waals surface area (Å²) < 4.78 is 7.52. The highest BCUT2D eigenvalue weighted by Crippen LogP contribution is 2.42. The maximum atomic E-state index is 12.3. The van der Waals surface area contributed by atoms with E-state index in [0.717, 1.165) is 35.6 Å². The Morgan fingerprint density at radius 2 is 2.26 bits per heavy atom. The van der Waals surface area contributed by atoms with Gasteiger partial charge in [0.05, 0.1) is 17.5 Å². The van der Waals surface area contributed by atoms with E-state index in [1.165, 1.54) is 0 Å². The molecular weight excluding hydrogens is 290 g/mol. The van der Waals surface area contributed by atoms with Gasteiger partial charge in [0, 0.05) is 30.8 Å². The van der Waals surface area contributed by atoms with Gasteiger partial charge in [-0.05, 0) is 38.0 Å². The molecule has 1 fully saturated rings. The Bertz CT molecular complexity index is 858. The fourth-order valence-corrected chi connectivity index (χ4v) is 2.89. The van der Waals surface area contributed by atoms with Crippen LogP contribution in [0.25, 0.3) is 5.65 Å². The number of hydrogen-bond donors (Lipinski definition) is 1. The number of hydrogen-bond acceptors (Lipinski definition) is 3. The minimum absolute atomic E-state index is 0.0550. The van der Waals surface area contributed by atoms with Crippen molar-refractivity contribution in [1.82, 2.24) is 14.7 Å². The monoisotopic (exact) mass is 309 g/mol. The Morgan fingerprint density at radius 1 is 1.39 bits per heavy atom. The molecule has 0 atom stereocenters. The van der Waals surface area contributed by atoms with Gasteiger partial charge in [0.1, 0.15) is 11.4 Å². The molecular formula is C18H19N3O2. The molecule has 0 spiro atoms. The van der Waals surface area contributed by atoms with Gasteiger partial charge in [-0.25, -0.2) is 4.98 Å². The van der Waals surface area contributed by atoms with E-state index in [4.69, 9.17) is 4.42 Å². The molecule has 1 aliphatic rings. The molecule has 4 rings (SSSR count). The molecule has 118 valence electrons. The first-order valence-electron chi connectivity index (χ1n) is 8.01.